The lowest BCUT2D eigenvalue weighted by atomic mass is 9.95. The van der Waals surface area contributed by atoms with Crippen molar-refractivity contribution < 1.29 is 18.7 Å². The molecule has 0 saturated carbocycles. The molecule has 0 bridgehead atoms. The van der Waals surface area contributed by atoms with Crippen LogP contribution in [0.3, 0.4) is 0 Å². The third-order valence-electron chi connectivity index (χ3n) is 5.35. The van der Waals surface area contributed by atoms with Gasteiger partial charge in [-0.1, -0.05) is 12.1 Å². The highest BCUT2D eigenvalue weighted by molar-refractivity contribution is 5.95. The highest BCUT2D eigenvalue weighted by Gasteiger charge is 2.35. The number of benzene rings is 2. The van der Waals surface area contributed by atoms with E-state index >= 15 is 0 Å². The van der Waals surface area contributed by atoms with E-state index in [2.05, 4.69) is 10.4 Å². The molecule has 1 N–H and O–H groups in total. The van der Waals surface area contributed by atoms with Gasteiger partial charge in [0, 0.05) is 44.0 Å². The van der Waals surface area contributed by atoms with Gasteiger partial charge < -0.3 is 15.0 Å². The van der Waals surface area contributed by atoms with E-state index in [1.165, 1.54) is 24.3 Å². The third kappa shape index (κ3) is 4.42. The Morgan fingerprint density at radius 1 is 1.16 bits per heavy atom. The molecule has 160 valence electrons. The molecule has 3 aromatic rings. The second-order valence-corrected chi connectivity index (χ2v) is 7.52. The molecule has 0 fully saturated rings. The molecule has 31 heavy (non-hydrogen) atoms. The maximum Gasteiger partial charge on any atom is 0.254 e. The summed E-state index contributed by atoms with van der Waals surface area (Å²) in [6.45, 7) is 0.906. The predicted molar refractivity (Wildman–Crippen MR) is 112 cm³/mol. The van der Waals surface area contributed by atoms with Crippen LogP contribution in [-0.2, 0) is 24.9 Å². The first-order chi connectivity index (χ1) is 14.9. The summed E-state index contributed by atoms with van der Waals surface area (Å²) in [7, 11) is 3.39. The lowest BCUT2D eigenvalue weighted by molar-refractivity contribution is -0.123. The quantitative estimate of drug-likeness (QED) is 0.686. The Balaban J connectivity index is 1.51. The van der Waals surface area contributed by atoms with Gasteiger partial charge in [-0.25, -0.2) is 4.39 Å². The number of fused-ring (bicyclic) bond motifs is 1. The van der Waals surface area contributed by atoms with Crippen molar-refractivity contribution in [2.75, 3.05) is 13.7 Å². The van der Waals surface area contributed by atoms with Crippen LogP contribution in [0.5, 0.6) is 5.75 Å². The zero-order valence-corrected chi connectivity index (χ0v) is 17.3. The average Bonchev–Trinajstić information content (AvgIpc) is 3.17. The number of hydrogen-bond acceptors (Lipinski definition) is 4. The van der Waals surface area contributed by atoms with Crippen LogP contribution in [0.4, 0.5) is 4.39 Å². The van der Waals surface area contributed by atoms with E-state index in [1.54, 1.807) is 23.7 Å². The van der Waals surface area contributed by atoms with Crippen molar-refractivity contribution in [2.24, 2.45) is 7.05 Å². The molecule has 2 heterocycles. The van der Waals surface area contributed by atoms with E-state index in [1.807, 2.05) is 30.5 Å². The Morgan fingerprint density at radius 2 is 1.87 bits per heavy atom. The zero-order chi connectivity index (χ0) is 22.0. The monoisotopic (exact) mass is 422 g/mol. The normalized spacial score (nSPS) is 15.3. The lowest BCUT2D eigenvalue weighted by Crippen LogP contribution is -2.43. The molecule has 2 aromatic carbocycles. The molecule has 7 nitrogen and oxygen atoms in total. The number of ether oxygens (including phenoxy) is 1. The van der Waals surface area contributed by atoms with Crippen molar-refractivity contribution in [1.82, 2.24) is 20.0 Å². The number of nitrogens with one attached hydrogen (secondary N) is 1. The molecule has 1 aliphatic rings. The molecular weight excluding hydrogens is 399 g/mol. The summed E-state index contributed by atoms with van der Waals surface area (Å²) in [6, 6.07) is 12.9. The van der Waals surface area contributed by atoms with E-state index in [0.717, 1.165) is 16.9 Å². The van der Waals surface area contributed by atoms with E-state index in [0.29, 0.717) is 24.3 Å². The van der Waals surface area contributed by atoms with E-state index in [4.69, 9.17) is 4.74 Å². The number of nitrogens with zero attached hydrogens (tertiary/aromatic N) is 3. The second kappa shape index (κ2) is 8.59. The lowest BCUT2D eigenvalue weighted by Gasteiger charge is -2.31. The van der Waals surface area contributed by atoms with Gasteiger partial charge in [-0.2, -0.15) is 5.10 Å². The standard InChI is InChI=1S/C23H23FN4O3/c1-27-12-17-13-28(23(30)16-5-7-18(24)8-6-16)14-20(21(17)26-27)22(29)25-11-15-3-9-19(31-2)10-4-15/h3-10,12,20H,11,13-14H2,1-2H3,(H,25,29). The first kappa shape index (κ1) is 20.6. The van der Waals surface area contributed by atoms with Crippen LogP contribution >= 0.6 is 0 Å². The van der Waals surface area contributed by atoms with Crippen molar-refractivity contribution in [3.63, 3.8) is 0 Å². The van der Waals surface area contributed by atoms with Crippen LogP contribution in [0.1, 0.15) is 33.1 Å². The fourth-order valence-corrected chi connectivity index (χ4v) is 3.74. The summed E-state index contributed by atoms with van der Waals surface area (Å²) in [4.78, 5) is 27.6. The van der Waals surface area contributed by atoms with Crippen LogP contribution in [0.15, 0.2) is 54.7 Å². The smallest absolute Gasteiger partial charge is 0.254 e. The number of carbonyl (C=O) groups excluding carboxylic acids is 2. The number of rotatable bonds is 5. The number of aromatic nitrogens is 2. The van der Waals surface area contributed by atoms with Crippen LogP contribution in [0.25, 0.3) is 0 Å². The summed E-state index contributed by atoms with van der Waals surface area (Å²) in [6.07, 6.45) is 1.82. The first-order valence-corrected chi connectivity index (χ1v) is 9.92. The number of halogens is 1. The Hall–Kier alpha value is -3.68. The third-order valence-corrected chi connectivity index (χ3v) is 5.35. The first-order valence-electron chi connectivity index (χ1n) is 9.92. The SMILES string of the molecule is COc1ccc(CNC(=O)C2CN(C(=O)c3ccc(F)cc3)Cc3cn(C)nc32)cc1. The van der Waals surface area contributed by atoms with Crippen molar-refractivity contribution in [3.8, 4) is 5.75 Å². The highest BCUT2D eigenvalue weighted by Crippen LogP contribution is 2.28. The summed E-state index contributed by atoms with van der Waals surface area (Å²) < 4.78 is 20.0. The summed E-state index contributed by atoms with van der Waals surface area (Å²) in [5.74, 6) is -0.696. The minimum Gasteiger partial charge on any atom is -0.497 e. The van der Waals surface area contributed by atoms with E-state index in [-0.39, 0.29) is 18.4 Å². The van der Waals surface area contributed by atoms with E-state index in [9.17, 15) is 14.0 Å². The Morgan fingerprint density at radius 3 is 2.55 bits per heavy atom. The number of aryl methyl sites for hydroxylation is 1. The minimum atomic E-state index is -0.590. The second-order valence-electron chi connectivity index (χ2n) is 7.52. The maximum atomic E-state index is 13.2. The van der Waals surface area contributed by atoms with Crippen molar-refractivity contribution in [2.45, 2.75) is 19.0 Å². The summed E-state index contributed by atoms with van der Waals surface area (Å²) in [5.41, 5.74) is 2.82. The van der Waals surface area contributed by atoms with E-state index < -0.39 is 11.7 Å². The van der Waals surface area contributed by atoms with Gasteiger partial charge in [-0.3, -0.25) is 14.3 Å². The van der Waals surface area contributed by atoms with Crippen molar-refractivity contribution >= 4 is 11.8 Å². The summed E-state index contributed by atoms with van der Waals surface area (Å²) in [5, 5.41) is 7.41. The van der Waals surface area contributed by atoms with Gasteiger partial charge in [-0.05, 0) is 42.0 Å². The molecular formula is C23H23FN4O3. The van der Waals surface area contributed by atoms with Crippen molar-refractivity contribution in [1.29, 1.82) is 0 Å². The van der Waals surface area contributed by atoms with Gasteiger partial charge in [0.1, 0.15) is 11.6 Å². The van der Waals surface area contributed by atoms with Crippen LogP contribution in [0, 0.1) is 5.82 Å². The highest BCUT2D eigenvalue weighted by atomic mass is 19.1. The number of methoxy groups -OCH3 is 1. The average molecular weight is 422 g/mol. The van der Waals surface area contributed by atoms with Gasteiger partial charge >= 0.3 is 0 Å². The van der Waals surface area contributed by atoms with Crippen LogP contribution in [0.2, 0.25) is 0 Å². The van der Waals surface area contributed by atoms with Gasteiger partial charge in [0.05, 0.1) is 18.7 Å². The maximum absolute atomic E-state index is 13.2. The zero-order valence-electron chi connectivity index (χ0n) is 17.3. The Kier molecular flexibility index (Phi) is 5.70. The number of hydrogen-bond donors (Lipinski definition) is 1. The molecule has 2 amide bonds. The van der Waals surface area contributed by atoms with Gasteiger partial charge in [0.25, 0.3) is 5.91 Å². The molecule has 0 saturated heterocycles. The molecule has 0 radical (unpaired) electrons. The molecule has 4 rings (SSSR count). The van der Waals surface area contributed by atoms with Crippen LogP contribution < -0.4 is 10.1 Å². The molecule has 0 spiro atoms. The predicted octanol–water partition coefficient (Wildman–Crippen LogP) is 2.62. The minimum absolute atomic E-state index is 0.202. The number of carbonyl (C=O) groups is 2. The van der Waals surface area contributed by atoms with Gasteiger partial charge in [0.15, 0.2) is 0 Å². The number of amides is 2. The molecule has 1 atom stereocenters. The van der Waals surface area contributed by atoms with Gasteiger partial charge in [-0.15, -0.1) is 0 Å². The summed E-state index contributed by atoms with van der Waals surface area (Å²) >= 11 is 0. The molecule has 8 heteroatoms. The molecule has 0 aliphatic carbocycles. The van der Waals surface area contributed by atoms with Crippen LogP contribution in [-0.4, -0.2) is 40.1 Å². The molecule has 1 unspecified atom stereocenters. The largest absolute Gasteiger partial charge is 0.497 e. The molecule has 1 aromatic heterocycles. The Labute approximate surface area is 179 Å². The fourth-order valence-electron chi connectivity index (χ4n) is 3.74. The van der Waals surface area contributed by atoms with Crippen molar-refractivity contribution in [3.05, 3.63) is 82.9 Å². The topological polar surface area (TPSA) is 76.5 Å². The fraction of sp³-hybridized carbons (Fsp3) is 0.261. The Bertz CT molecular complexity index is 1090. The molecule has 1 aliphatic heterocycles. The van der Waals surface area contributed by atoms with Gasteiger partial charge in [0.2, 0.25) is 5.91 Å².